The largest absolute Gasteiger partial charge is 0.469 e. The number of benzene rings is 1. The van der Waals surface area contributed by atoms with Gasteiger partial charge in [-0.05, 0) is 25.8 Å². The Morgan fingerprint density at radius 2 is 2.04 bits per heavy atom. The Morgan fingerprint density at radius 3 is 2.74 bits per heavy atom. The zero-order chi connectivity index (χ0) is 19.2. The minimum Gasteiger partial charge on any atom is -0.469 e. The Morgan fingerprint density at radius 1 is 1.30 bits per heavy atom. The average molecular weight is 373 g/mol. The molecule has 3 fully saturated rings. The highest BCUT2D eigenvalue weighted by atomic mass is 16.7. The lowest BCUT2D eigenvalue weighted by Crippen LogP contribution is -2.51. The topological polar surface area (TPSA) is 65.1 Å². The molecule has 2 bridgehead atoms. The van der Waals surface area contributed by atoms with E-state index in [1.165, 1.54) is 12.7 Å². The van der Waals surface area contributed by atoms with Crippen LogP contribution in [0.4, 0.5) is 0 Å². The molecule has 3 saturated heterocycles. The van der Waals surface area contributed by atoms with Crippen LogP contribution >= 0.6 is 0 Å². The summed E-state index contributed by atoms with van der Waals surface area (Å²) in [5, 5.41) is 0. The molecule has 0 unspecified atom stereocenters. The fourth-order valence-electron chi connectivity index (χ4n) is 4.72. The van der Waals surface area contributed by atoms with Gasteiger partial charge in [-0.3, -0.25) is 14.5 Å². The minimum atomic E-state index is -0.729. The van der Waals surface area contributed by atoms with Crippen molar-refractivity contribution in [2.24, 2.45) is 11.3 Å². The van der Waals surface area contributed by atoms with Gasteiger partial charge in [-0.2, -0.15) is 0 Å². The van der Waals surface area contributed by atoms with Crippen LogP contribution in [-0.2, 0) is 30.3 Å². The van der Waals surface area contributed by atoms with Crippen LogP contribution in [0.15, 0.2) is 30.3 Å². The third kappa shape index (κ3) is 3.30. The number of Topliss-reactive ketones (excluding diaryl/α,β-unsaturated/α-hetero) is 1. The van der Waals surface area contributed by atoms with Crippen LogP contribution in [0.5, 0.6) is 0 Å². The normalized spacial score (nSPS) is 32.7. The van der Waals surface area contributed by atoms with Gasteiger partial charge in [-0.25, -0.2) is 0 Å². The standard InChI is InChI=1S/C21H27NO5/c1-21(2,20(24)25-3)12-26-19-14-9-15-16(23)10-17(27-19)18(14)22(15)11-13-7-5-4-6-8-13/h4-8,14-15,17-19H,9-12H2,1-3H3/t14-,15-,17+,18+,19-/m1/s1. The van der Waals surface area contributed by atoms with Crippen molar-refractivity contribution in [3.8, 4) is 0 Å². The van der Waals surface area contributed by atoms with Gasteiger partial charge in [0.1, 0.15) is 0 Å². The van der Waals surface area contributed by atoms with Gasteiger partial charge in [0.15, 0.2) is 12.1 Å². The van der Waals surface area contributed by atoms with Crippen molar-refractivity contribution in [1.29, 1.82) is 0 Å². The number of rotatable bonds is 6. The maximum Gasteiger partial charge on any atom is 0.313 e. The molecule has 6 heteroatoms. The monoisotopic (exact) mass is 373 g/mol. The molecule has 0 saturated carbocycles. The summed E-state index contributed by atoms with van der Waals surface area (Å²) in [4.78, 5) is 26.8. The van der Waals surface area contributed by atoms with E-state index in [1.54, 1.807) is 13.8 Å². The van der Waals surface area contributed by atoms with E-state index in [2.05, 4.69) is 17.0 Å². The van der Waals surface area contributed by atoms with Crippen LogP contribution < -0.4 is 0 Å². The van der Waals surface area contributed by atoms with Crippen molar-refractivity contribution in [2.45, 2.75) is 57.7 Å². The number of carbonyl (C=O) groups is 2. The third-order valence-electron chi connectivity index (χ3n) is 6.09. The number of hydrogen-bond acceptors (Lipinski definition) is 6. The van der Waals surface area contributed by atoms with E-state index in [9.17, 15) is 9.59 Å². The Hall–Kier alpha value is -1.76. The van der Waals surface area contributed by atoms with Crippen LogP contribution in [0.1, 0.15) is 32.3 Å². The van der Waals surface area contributed by atoms with Crippen molar-refractivity contribution >= 4 is 11.8 Å². The first-order chi connectivity index (χ1) is 12.9. The van der Waals surface area contributed by atoms with Crippen LogP contribution in [0.3, 0.4) is 0 Å². The van der Waals surface area contributed by atoms with E-state index in [0.29, 0.717) is 6.42 Å². The molecule has 0 aromatic heterocycles. The number of methoxy groups -OCH3 is 1. The van der Waals surface area contributed by atoms with E-state index >= 15 is 0 Å². The molecule has 1 aromatic rings. The predicted molar refractivity (Wildman–Crippen MR) is 97.7 cm³/mol. The van der Waals surface area contributed by atoms with Crippen LogP contribution in [0.2, 0.25) is 0 Å². The molecule has 6 nitrogen and oxygen atoms in total. The number of ether oxygens (including phenoxy) is 3. The zero-order valence-electron chi connectivity index (χ0n) is 16.1. The molecule has 3 aliphatic heterocycles. The molecule has 0 amide bonds. The average Bonchev–Trinajstić information content (AvgIpc) is 3.14. The van der Waals surface area contributed by atoms with E-state index < -0.39 is 5.41 Å². The predicted octanol–water partition coefficient (Wildman–Crippen LogP) is 2.16. The first-order valence-electron chi connectivity index (χ1n) is 9.58. The summed E-state index contributed by atoms with van der Waals surface area (Å²) in [5.41, 5.74) is 0.473. The number of hydrogen-bond donors (Lipinski definition) is 0. The van der Waals surface area contributed by atoms with Gasteiger partial charge in [-0.1, -0.05) is 30.3 Å². The number of nitrogens with zero attached hydrogens (tertiary/aromatic N) is 1. The summed E-state index contributed by atoms with van der Waals surface area (Å²) >= 11 is 0. The molecule has 146 valence electrons. The number of fused-ring (bicyclic) bond motifs is 1. The molecule has 0 radical (unpaired) electrons. The third-order valence-corrected chi connectivity index (χ3v) is 6.09. The van der Waals surface area contributed by atoms with Crippen molar-refractivity contribution in [2.75, 3.05) is 13.7 Å². The lowest BCUT2D eigenvalue weighted by molar-refractivity contribution is -0.185. The lowest BCUT2D eigenvalue weighted by atomic mass is 9.94. The number of piperidine rings is 1. The van der Waals surface area contributed by atoms with Gasteiger partial charge in [0.2, 0.25) is 0 Å². The molecule has 0 aliphatic carbocycles. The zero-order valence-corrected chi connectivity index (χ0v) is 16.1. The van der Waals surface area contributed by atoms with Crippen molar-refractivity contribution in [1.82, 2.24) is 4.90 Å². The Kier molecular flexibility index (Phi) is 4.82. The van der Waals surface area contributed by atoms with Gasteiger partial charge in [-0.15, -0.1) is 0 Å². The summed E-state index contributed by atoms with van der Waals surface area (Å²) in [7, 11) is 1.38. The summed E-state index contributed by atoms with van der Waals surface area (Å²) in [6.45, 7) is 4.59. The number of esters is 1. The van der Waals surface area contributed by atoms with E-state index in [4.69, 9.17) is 14.2 Å². The van der Waals surface area contributed by atoms with Crippen molar-refractivity contribution in [3.63, 3.8) is 0 Å². The molecule has 0 N–H and O–H groups in total. The number of carbonyl (C=O) groups excluding carboxylic acids is 2. The van der Waals surface area contributed by atoms with Crippen molar-refractivity contribution < 1.29 is 23.8 Å². The Balaban J connectivity index is 1.47. The van der Waals surface area contributed by atoms with Gasteiger partial charge >= 0.3 is 5.97 Å². The van der Waals surface area contributed by atoms with Crippen LogP contribution in [-0.4, -0.2) is 54.8 Å². The summed E-state index contributed by atoms with van der Waals surface area (Å²) in [6, 6.07) is 10.4. The SMILES string of the molecule is COC(=O)C(C)(C)CO[C@@H]1O[C@H]2CC(=O)[C@H]3C[C@@H]1[C@@H]2N3Cc1ccccc1. The van der Waals surface area contributed by atoms with Gasteiger partial charge in [0, 0.05) is 24.9 Å². The first kappa shape index (κ1) is 18.6. The van der Waals surface area contributed by atoms with Gasteiger partial charge in [0.25, 0.3) is 0 Å². The maximum absolute atomic E-state index is 12.6. The summed E-state index contributed by atoms with van der Waals surface area (Å²) < 4.78 is 17.0. The highest BCUT2D eigenvalue weighted by Crippen LogP contribution is 2.48. The Bertz CT molecular complexity index is 719. The second kappa shape index (κ2) is 7.00. The second-order valence-corrected chi connectivity index (χ2v) is 8.46. The van der Waals surface area contributed by atoms with E-state index in [-0.39, 0.29) is 48.8 Å². The summed E-state index contributed by atoms with van der Waals surface area (Å²) in [5.74, 6) is 0.123. The van der Waals surface area contributed by atoms with E-state index in [1.807, 2.05) is 18.2 Å². The molecule has 3 heterocycles. The van der Waals surface area contributed by atoms with Gasteiger partial charge < -0.3 is 14.2 Å². The van der Waals surface area contributed by atoms with Gasteiger partial charge in [0.05, 0.1) is 31.3 Å². The fourth-order valence-corrected chi connectivity index (χ4v) is 4.72. The molecule has 5 atom stereocenters. The summed E-state index contributed by atoms with van der Waals surface area (Å²) in [6.07, 6.45) is 0.713. The number of ketones is 1. The fraction of sp³-hybridized carbons (Fsp3) is 0.619. The molecular formula is C21H27NO5. The second-order valence-electron chi connectivity index (χ2n) is 8.46. The molecule has 27 heavy (non-hydrogen) atoms. The van der Waals surface area contributed by atoms with E-state index in [0.717, 1.165) is 13.0 Å². The highest BCUT2D eigenvalue weighted by Gasteiger charge is 2.60. The Labute approximate surface area is 159 Å². The molecule has 4 rings (SSSR count). The molecule has 0 spiro atoms. The smallest absolute Gasteiger partial charge is 0.313 e. The minimum absolute atomic E-state index is 0.0555. The molecular weight excluding hydrogens is 346 g/mol. The van der Waals surface area contributed by atoms with Crippen molar-refractivity contribution in [3.05, 3.63) is 35.9 Å². The quantitative estimate of drug-likeness (QED) is 0.712. The van der Waals surface area contributed by atoms with Crippen LogP contribution in [0, 0.1) is 11.3 Å². The lowest BCUT2D eigenvalue weighted by Gasteiger charge is -2.36. The maximum atomic E-state index is 12.6. The molecule has 1 aromatic carbocycles. The van der Waals surface area contributed by atoms with Crippen LogP contribution in [0.25, 0.3) is 0 Å². The first-order valence-corrected chi connectivity index (χ1v) is 9.58. The molecule has 3 aliphatic rings. The highest BCUT2D eigenvalue weighted by molar-refractivity contribution is 5.86.